The first-order valence-corrected chi connectivity index (χ1v) is 5.69. The van der Waals surface area contributed by atoms with E-state index in [1.165, 1.54) is 0 Å². The van der Waals surface area contributed by atoms with Crippen molar-refractivity contribution in [1.29, 1.82) is 0 Å². The summed E-state index contributed by atoms with van der Waals surface area (Å²) in [5.74, 6) is -0.516. The molecule has 5 heteroatoms. The Morgan fingerprint density at radius 2 is 2.00 bits per heavy atom. The maximum Gasteiger partial charge on any atom is 0.313 e. The molecule has 1 unspecified atom stereocenters. The van der Waals surface area contributed by atoms with E-state index in [2.05, 4.69) is 0 Å². The van der Waals surface area contributed by atoms with Gasteiger partial charge in [-0.1, -0.05) is 23.7 Å². The molecule has 0 bridgehead atoms. The van der Waals surface area contributed by atoms with Gasteiger partial charge in [0.1, 0.15) is 0 Å². The van der Waals surface area contributed by atoms with Crippen LogP contribution in [0.3, 0.4) is 0 Å². The zero-order valence-electron chi connectivity index (χ0n) is 9.69. The molecule has 0 saturated heterocycles. The number of carbonyl (C=O) groups excluding carboxylic acids is 1. The van der Waals surface area contributed by atoms with Crippen molar-refractivity contribution in [3.8, 4) is 0 Å². The molecule has 2 N–H and O–H groups in total. The van der Waals surface area contributed by atoms with Gasteiger partial charge in [0, 0.05) is 5.02 Å². The van der Waals surface area contributed by atoms with E-state index in [0.29, 0.717) is 24.6 Å². The minimum Gasteiger partial charge on any atom is -0.466 e. The Balaban J connectivity index is 0.00000256. The number of hydrogen-bond acceptors (Lipinski definition) is 3. The van der Waals surface area contributed by atoms with Crippen LogP contribution in [0.1, 0.15) is 24.8 Å². The van der Waals surface area contributed by atoms with Crippen LogP contribution in [0, 0.1) is 0 Å². The van der Waals surface area contributed by atoms with Crippen molar-refractivity contribution in [2.45, 2.75) is 19.3 Å². The summed E-state index contributed by atoms with van der Waals surface area (Å²) in [5.41, 5.74) is 6.39. The second-order valence-corrected chi connectivity index (χ2v) is 3.87. The van der Waals surface area contributed by atoms with Gasteiger partial charge in [-0.05, 0) is 37.6 Å². The predicted molar refractivity (Wildman–Crippen MR) is 71.7 cm³/mol. The van der Waals surface area contributed by atoms with Crippen LogP contribution in [0.25, 0.3) is 0 Å². The molecule has 1 atom stereocenters. The van der Waals surface area contributed by atoms with Crippen molar-refractivity contribution < 1.29 is 9.53 Å². The number of nitrogens with two attached hydrogens (primary N) is 1. The number of rotatable bonds is 5. The molecule has 0 heterocycles. The summed E-state index contributed by atoms with van der Waals surface area (Å²) in [6, 6.07) is 7.19. The second kappa shape index (κ2) is 8.34. The molecule has 1 aromatic rings. The van der Waals surface area contributed by atoms with E-state index < -0.39 is 0 Å². The minimum absolute atomic E-state index is 0. The smallest absolute Gasteiger partial charge is 0.313 e. The molecular weight excluding hydrogens is 261 g/mol. The van der Waals surface area contributed by atoms with Gasteiger partial charge in [0.25, 0.3) is 0 Å². The molecule has 0 aliphatic carbocycles. The highest BCUT2D eigenvalue weighted by Gasteiger charge is 2.20. The second-order valence-electron chi connectivity index (χ2n) is 3.43. The van der Waals surface area contributed by atoms with E-state index in [9.17, 15) is 4.79 Å². The van der Waals surface area contributed by atoms with Gasteiger partial charge in [-0.15, -0.1) is 12.4 Å². The van der Waals surface area contributed by atoms with Crippen LogP contribution in [-0.4, -0.2) is 19.1 Å². The fraction of sp³-hybridized carbons (Fsp3) is 0.417. The Hall–Kier alpha value is -0.770. The van der Waals surface area contributed by atoms with Crippen molar-refractivity contribution in [1.82, 2.24) is 0 Å². The number of esters is 1. The molecule has 0 radical (unpaired) electrons. The topological polar surface area (TPSA) is 52.3 Å². The third-order valence-electron chi connectivity index (χ3n) is 2.30. The summed E-state index contributed by atoms with van der Waals surface area (Å²) in [5, 5.41) is 0.652. The standard InChI is InChI=1S/C12H16ClNO2.ClH/c1-2-16-12(15)11(7-8-14)9-3-5-10(13)6-4-9;/h3-6,11H,2,7-8,14H2,1H3;1H. The van der Waals surface area contributed by atoms with E-state index in [-0.39, 0.29) is 24.3 Å². The van der Waals surface area contributed by atoms with Crippen molar-refractivity contribution in [3.63, 3.8) is 0 Å². The molecule has 0 fully saturated rings. The minimum atomic E-state index is -0.290. The number of carbonyl (C=O) groups is 1. The average Bonchev–Trinajstić information content (AvgIpc) is 2.28. The maximum atomic E-state index is 11.7. The Labute approximate surface area is 113 Å². The van der Waals surface area contributed by atoms with Crippen LogP contribution < -0.4 is 5.73 Å². The van der Waals surface area contributed by atoms with Gasteiger partial charge in [0.15, 0.2) is 0 Å². The monoisotopic (exact) mass is 277 g/mol. The van der Waals surface area contributed by atoms with Gasteiger partial charge in [0.05, 0.1) is 12.5 Å². The molecule has 0 spiro atoms. The van der Waals surface area contributed by atoms with Gasteiger partial charge >= 0.3 is 5.97 Å². The number of halogens is 2. The Morgan fingerprint density at radius 3 is 2.47 bits per heavy atom. The van der Waals surface area contributed by atoms with Gasteiger partial charge in [-0.2, -0.15) is 0 Å². The molecule has 3 nitrogen and oxygen atoms in total. The van der Waals surface area contributed by atoms with E-state index in [1.807, 2.05) is 12.1 Å². The van der Waals surface area contributed by atoms with Crippen molar-refractivity contribution in [2.24, 2.45) is 5.73 Å². The Morgan fingerprint density at radius 1 is 1.41 bits per heavy atom. The van der Waals surface area contributed by atoms with E-state index >= 15 is 0 Å². The molecule has 17 heavy (non-hydrogen) atoms. The highest BCUT2D eigenvalue weighted by Crippen LogP contribution is 2.22. The van der Waals surface area contributed by atoms with E-state index in [0.717, 1.165) is 5.56 Å². The average molecular weight is 278 g/mol. The van der Waals surface area contributed by atoms with E-state index in [4.69, 9.17) is 22.1 Å². The highest BCUT2D eigenvalue weighted by molar-refractivity contribution is 6.30. The van der Waals surface area contributed by atoms with Crippen LogP contribution in [0.4, 0.5) is 0 Å². The lowest BCUT2D eigenvalue weighted by molar-refractivity contribution is -0.145. The lowest BCUT2D eigenvalue weighted by atomic mass is 9.96. The molecule has 1 rings (SSSR count). The lowest BCUT2D eigenvalue weighted by Crippen LogP contribution is -2.19. The predicted octanol–water partition coefficient (Wildman–Crippen LogP) is 2.76. The van der Waals surface area contributed by atoms with Gasteiger partial charge in [-0.3, -0.25) is 4.79 Å². The van der Waals surface area contributed by atoms with Crippen molar-refractivity contribution >= 4 is 30.0 Å². The molecule has 0 aliphatic heterocycles. The highest BCUT2D eigenvalue weighted by atomic mass is 35.5. The third kappa shape index (κ3) is 4.94. The van der Waals surface area contributed by atoms with Crippen LogP contribution in [0.15, 0.2) is 24.3 Å². The van der Waals surface area contributed by atoms with E-state index in [1.54, 1.807) is 19.1 Å². The molecular formula is C12H17Cl2NO2. The SMILES string of the molecule is CCOC(=O)C(CCN)c1ccc(Cl)cc1.Cl. The summed E-state index contributed by atoms with van der Waals surface area (Å²) in [7, 11) is 0. The van der Waals surface area contributed by atoms with Crippen LogP contribution >= 0.6 is 24.0 Å². The van der Waals surface area contributed by atoms with Crippen LogP contribution in [0.2, 0.25) is 5.02 Å². The number of ether oxygens (including phenoxy) is 1. The number of benzene rings is 1. The summed E-state index contributed by atoms with van der Waals surface area (Å²) in [6.45, 7) is 2.62. The summed E-state index contributed by atoms with van der Waals surface area (Å²) < 4.78 is 5.01. The van der Waals surface area contributed by atoms with Crippen LogP contribution in [-0.2, 0) is 9.53 Å². The molecule has 0 aromatic heterocycles. The van der Waals surface area contributed by atoms with Crippen LogP contribution in [0.5, 0.6) is 0 Å². The molecule has 96 valence electrons. The fourth-order valence-electron chi connectivity index (χ4n) is 1.53. The summed E-state index contributed by atoms with van der Waals surface area (Å²) in [6.07, 6.45) is 0.584. The lowest BCUT2D eigenvalue weighted by Gasteiger charge is -2.14. The summed E-state index contributed by atoms with van der Waals surface area (Å²) in [4.78, 5) is 11.7. The first-order valence-electron chi connectivity index (χ1n) is 5.31. The molecule has 1 aromatic carbocycles. The third-order valence-corrected chi connectivity index (χ3v) is 2.55. The molecule has 0 aliphatic rings. The van der Waals surface area contributed by atoms with Crippen molar-refractivity contribution in [2.75, 3.05) is 13.2 Å². The first-order chi connectivity index (χ1) is 7.69. The van der Waals surface area contributed by atoms with Gasteiger partial charge in [-0.25, -0.2) is 0 Å². The molecule has 0 amide bonds. The first kappa shape index (κ1) is 16.2. The van der Waals surface area contributed by atoms with Gasteiger partial charge in [0.2, 0.25) is 0 Å². The Kier molecular flexibility index (Phi) is 7.96. The largest absolute Gasteiger partial charge is 0.466 e. The zero-order valence-corrected chi connectivity index (χ0v) is 11.3. The maximum absolute atomic E-state index is 11.7. The van der Waals surface area contributed by atoms with Gasteiger partial charge < -0.3 is 10.5 Å². The zero-order chi connectivity index (χ0) is 12.0. The molecule has 0 saturated carbocycles. The normalized spacial score (nSPS) is 11.5. The Bertz CT molecular complexity index is 341. The summed E-state index contributed by atoms with van der Waals surface area (Å²) >= 11 is 5.79. The quantitative estimate of drug-likeness (QED) is 0.842. The number of hydrogen-bond donors (Lipinski definition) is 1. The van der Waals surface area contributed by atoms with Crippen molar-refractivity contribution in [3.05, 3.63) is 34.9 Å². The fourth-order valence-corrected chi connectivity index (χ4v) is 1.65.